The number of likely N-dealkylation sites (tertiary alicyclic amines) is 1. The molecule has 2 fully saturated rings. The lowest BCUT2D eigenvalue weighted by Gasteiger charge is -2.21. The predicted octanol–water partition coefficient (Wildman–Crippen LogP) is 1.68. The predicted molar refractivity (Wildman–Crippen MR) is 63.1 cm³/mol. The van der Waals surface area contributed by atoms with Crippen molar-refractivity contribution in [3.8, 4) is 0 Å². The second-order valence-corrected chi connectivity index (χ2v) is 4.98. The lowest BCUT2D eigenvalue weighted by molar-refractivity contribution is 0.387. The van der Waals surface area contributed by atoms with Gasteiger partial charge in [-0.15, -0.1) is 0 Å². The van der Waals surface area contributed by atoms with Gasteiger partial charge in [0.15, 0.2) is 0 Å². The highest BCUT2D eigenvalue weighted by atomic mass is 15.2. The molecular weight excluding hydrogens is 184 g/mol. The summed E-state index contributed by atoms with van der Waals surface area (Å²) in [7, 11) is 2.24. The molecule has 2 saturated heterocycles. The summed E-state index contributed by atoms with van der Waals surface area (Å²) in [6.45, 7) is 5.07. The Morgan fingerprint density at radius 2 is 1.53 bits per heavy atom. The highest BCUT2D eigenvalue weighted by Gasteiger charge is 2.38. The van der Waals surface area contributed by atoms with E-state index in [1.807, 2.05) is 0 Å². The van der Waals surface area contributed by atoms with E-state index in [9.17, 15) is 0 Å². The Labute approximate surface area is 91.5 Å². The van der Waals surface area contributed by atoms with Gasteiger partial charge in [-0.05, 0) is 31.0 Å². The van der Waals surface area contributed by atoms with Crippen molar-refractivity contribution in [1.29, 1.82) is 0 Å². The molecule has 0 saturated carbocycles. The molecule has 0 amide bonds. The van der Waals surface area contributed by atoms with Crippen LogP contribution in [-0.4, -0.2) is 38.1 Å². The van der Waals surface area contributed by atoms with Crippen molar-refractivity contribution in [2.75, 3.05) is 38.1 Å². The summed E-state index contributed by atoms with van der Waals surface area (Å²) in [5.41, 5.74) is 1.40. The van der Waals surface area contributed by atoms with Crippen molar-refractivity contribution in [2.24, 2.45) is 11.8 Å². The monoisotopic (exact) mass is 202 g/mol. The Bertz CT molecular complexity index is 322. The molecule has 15 heavy (non-hydrogen) atoms. The molecule has 0 aromatic heterocycles. The fraction of sp³-hybridized carbons (Fsp3) is 0.538. The van der Waals surface area contributed by atoms with Crippen LogP contribution in [0.15, 0.2) is 30.3 Å². The maximum atomic E-state index is 2.54. The van der Waals surface area contributed by atoms with Crippen LogP contribution in [0.4, 0.5) is 5.69 Å². The fourth-order valence-corrected chi connectivity index (χ4v) is 3.08. The van der Waals surface area contributed by atoms with E-state index in [0.717, 1.165) is 11.8 Å². The third-order valence-corrected chi connectivity index (χ3v) is 3.79. The van der Waals surface area contributed by atoms with Gasteiger partial charge < -0.3 is 9.80 Å². The normalized spacial score (nSPS) is 30.9. The minimum absolute atomic E-state index is 0.898. The van der Waals surface area contributed by atoms with Crippen molar-refractivity contribution >= 4 is 5.69 Å². The van der Waals surface area contributed by atoms with Crippen LogP contribution < -0.4 is 4.90 Å². The molecule has 2 aliphatic heterocycles. The van der Waals surface area contributed by atoms with E-state index in [0.29, 0.717) is 0 Å². The number of para-hydroxylation sites is 1. The van der Waals surface area contributed by atoms with Gasteiger partial charge in [0.2, 0.25) is 0 Å². The molecule has 2 heterocycles. The van der Waals surface area contributed by atoms with Crippen molar-refractivity contribution in [2.45, 2.75) is 0 Å². The average molecular weight is 202 g/mol. The van der Waals surface area contributed by atoms with Gasteiger partial charge in [-0.2, -0.15) is 0 Å². The molecule has 80 valence electrons. The summed E-state index contributed by atoms with van der Waals surface area (Å²) in [6, 6.07) is 10.8. The number of benzene rings is 1. The Morgan fingerprint density at radius 1 is 0.933 bits per heavy atom. The molecule has 0 spiro atoms. The summed E-state index contributed by atoms with van der Waals surface area (Å²) < 4.78 is 0. The van der Waals surface area contributed by atoms with E-state index in [1.165, 1.54) is 31.9 Å². The van der Waals surface area contributed by atoms with Gasteiger partial charge in [-0.3, -0.25) is 0 Å². The number of fused-ring (bicyclic) bond motifs is 1. The quantitative estimate of drug-likeness (QED) is 0.683. The van der Waals surface area contributed by atoms with Crippen molar-refractivity contribution in [3.63, 3.8) is 0 Å². The van der Waals surface area contributed by atoms with E-state index in [2.05, 4.69) is 47.2 Å². The van der Waals surface area contributed by atoms with Gasteiger partial charge in [-0.1, -0.05) is 18.2 Å². The van der Waals surface area contributed by atoms with Gasteiger partial charge in [-0.25, -0.2) is 0 Å². The van der Waals surface area contributed by atoms with Crippen LogP contribution >= 0.6 is 0 Å². The molecule has 2 nitrogen and oxygen atoms in total. The summed E-state index contributed by atoms with van der Waals surface area (Å²) in [4.78, 5) is 5.01. The zero-order chi connectivity index (χ0) is 10.3. The zero-order valence-electron chi connectivity index (χ0n) is 9.26. The Balaban J connectivity index is 1.73. The highest BCUT2D eigenvalue weighted by molar-refractivity contribution is 5.47. The van der Waals surface area contributed by atoms with Crippen LogP contribution in [0.3, 0.4) is 0 Å². The third kappa shape index (κ3) is 1.63. The molecule has 2 aliphatic rings. The largest absolute Gasteiger partial charge is 0.371 e. The van der Waals surface area contributed by atoms with E-state index >= 15 is 0 Å². The van der Waals surface area contributed by atoms with Gasteiger partial charge in [0.1, 0.15) is 0 Å². The maximum Gasteiger partial charge on any atom is 0.0366 e. The Kier molecular flexibility index (Phi) is 2.17. The Hall–Kier alpha value is -1.02. The third-order valence-electron chi connectivity index (χ3n) is 3.79. The molecule has 0 radical (unpaired) electrons. The molecule has 2 atom stereocenters. The average Bonchev–Trinajstić information content (AvgIpc) is 2.76. The number of anilines is 1. The number of hydrogen-bond acceptors (Lipinski definition) is 2. The smallest absolute Gasteiger partial charge is 0.0366 e. The highest BCUT2D eigenvalue weighted by Crippen LogP contribution is 2.32. The Morgan fingerprint density at radius 3 is 2.13 bits per heavy atom. The molecule has 2 heteroatoms. The molecule has 2 unspecified atom stereocenters. The second-order valence-electron chi connectivity index (χ2n) is 4.98. The van der Waals surface area contributed by atoms with E-state index in [4.69, 9.17) is 0 Å². The van der Waals surface area contributed by atoms with Crippen molar-refractivity contribution in [3.05, 3.63) is 30.3 Å². The minimum atomic E-state index is 0.898. The van der Waals surface area contributed by atoms with Gasteiger partial charge in [0.05, 0.1) is 0 Å². The van der Waals surface area contributed by atoms with Crippen molar-refractivity contribution < 1.29 is 0 Å². The van der Waals surface area contributed by atoms with Gasteiger partial charge in [0, 0.05) is 31.9 Å². The van der Waals surface area contributed by atoms with Crippen molar-refractivity contribution in [1.82, 2.24) is 4.90 Å². The minimum Gasteiger partial charge on any atom is -0.371 e. The van der Waals surface area contributed by atoms with Crippen LogP contribution in [-0.2, 0) is 0 Å². The second kappa shape index (κ2) is 3.53. The maximum absolute atomic E-state index is 2.54. The van der Waals surface area contributed by atoms with Crippen LogP contribution in [0.2, 0.25) is 0 Å². The summed E-state index contributed by atoms with van der Waals surface area (Å²) in [5.74, 6) is 1.80. The molecule has 1 aromatic carbocycles. The first-order chi connectivity index (χ1) is 7.33. The first kappa shape index (κ1) is 9.22. The first-order valence-corrected chi connectivity index (χ1v) is 5.81. The summed E-state index contributed by atoms with van der Waals surface area (Å²) in [5, 5.41) is 0. The fourth-order valence-electron chi connectivity index (χ4n) is 3.08. The van der Waals surface area contributed by atoms with Crippen LogP contribution in [0, 0.1) is 11.8 Å². The molecule has 0 bridgehead atoms. The molecule has 0 aliphatic carbocycles. The number of nitrogens with zero attached hydrogens (tertiary/aromatic N) is 2. The van der Waals surface area contributed by atoms with E-state index in [-0.39, 0.29) is 0 Å². The van der Waals surface area contributed by atoms with Gasteiger partial charge >= 0.3 is 0 Å². The summed E-state index contributed by atoms with van der Waals surface area (Å²) in [6.07, 6.45) is 0. The van der Waals surface area contributed by atoms with Gasteiger partial charge in [0.25, 0.3) is 0 Å². The van der Waals surface area contributed by atoms with Crippen LogP contribution in [0.5, 0.6) is 0 Å². The topological polar surface area (TPSA) is 6.48 Å². The SMILES string of the molecule is CN1CC2CN(c3ccccc3)CC2C1. The van der Waals surface area contributed by atoms with E-state index < -0.39 is 0 Å². The number of hydrogen-bond donors (Lipinski definition) is 0. The van der Waals surface area contributed by atoms with Crippen LogP contribution in [0.25, 0.3) is 0 Å². The van der Waals surface area contributed by atoms with E-state index in [1.54, 1.807) is 0 Å². The first-order valence-electron chi connectivity index (χ1n) is 5.81. The lowest BCUT2D eigenvalue weighted by atomic mass is 10.0. The molecule has 0 N–H and O–H groups in total. The molecule has 3 rings (SSSR count). The standard InChI is InChI=1S/C13H18N2/c1-14-7-11-9-15(10-12(11)8-14)13-5-3-2-4-6-13/h2-6,11-12H,7-10H2,1H3. The zero-order valence-corrected chi connectivity index (χ0v) is 9.26. The summed E-state index contributed by atoms with van der Waals surface area (Å²) >= 11 is 0. The van der Waals surface area contributed by atoms with Crippen LogP contribution in [0.1, 0.15) is 0 Å². The molecular formula is C13H18N2. The lowest BCUT2D eigenvalue weighted by Crippen LogP contribution is -2.26. The molecule has 1 aromatic rings. The number of rotatable bonds is 1.